The lowest BCUT2D eigenvalue weighted by Crippen LogP contribution is -2.21. The zero-order valence-corrected chi connectivity index (χ0v) is 10.6. The first-order valence-corrected chi connectivity index (χ1v) is 6.80. The number of hydrogen-bond acceptors (Lipinski definition) is 1. The summed E-state index contributed by atoms with van der Waals surface area (Å²) in [5.74, 6) is -0.120. The fourth-order valence-corrected chi connectivity index (χ4v) is 2.85. The van der Waals surface area contributed by atoms with Crippen molar-refractivity contribution in [1.82, 2.24) is 9.47 Å². The SMILES string of the molecule is Fc1cccc2c1ccn2CCCN1CCCC1. The highest BCUT2D eigenvalue weighted by molar-refractivity contribution is 5.80. The molecule has 0 spiro atoms. The number of hydrogen-bond donors (Lipinski definition) is 0. The predicted octanol–water partition coefficient (Wildman–Crippen LogP) is 3.27. The molecule has 96 valence electrons. The number of fused-ring (bicyclic) bond motifs is 1. The van der Waals surface area contributed by atoms with E-state index in [0.29, 0.717) is 0 Å². The van der Waals surface area contributed by atoms with Gasteiger partial charge < -0.3 is 9.47 Å². The van der Waals surface area contributed by atoms with Gasteiger partial charge in [-0.3, -0.25) is 0 Å². The fraction of sp³-hybridized carbons (Fsp3) is 0.467. The number of benzene rings is 1. The lowest BCUT2D eigenvalue weighted by Gasteiger charge is -2.14. The van der Waals surface area contributed by atoms with Crippen molar-refractivity contribution in [1.29, 1.82) is 0 Å². The van der Waals surface area contributed by atoms with E-state index in [1.165, 1.54) is 32.0 Å². The van der Waals surface area contributed by atoms with Gasteiger partial charge in [-0.25, -0.2) is 4.39 Å². The Kier molecular flexibility index (Phi) is 3.33. The molecule has 2 aromatic rings. The average Bonchev–Trinajstić information content (AvgIpc) is 3.00. The maximum Gasteiger partial charge on any atom is 0.132 e. The van der Waals surface area contributed by atoms with E-state index in [-0.39, 0.29) is 5.82 Å². The minimum Gasteiger partial charge on any atom is -0.347 e. The van der Waals surface area contributed by atoms with Crippen molar-refractivity contribution in [2.24, 2.45) is 0 Å². The second-order valence-electron chi connectivity index (χ2n) is 5.08. The van der Waals surface area contributed by atoms with Crippen LogP contribution in [0.3, 0.4) is 0 Å². The Hall–Kier alpha value is -1.35. The number of nitrogens with zero attached hydrogens (tertiary/aromatic N) is 2. The number of likely N-dealkylation sites (tertiary alicyclic amines) is 1. The Balaban J connectivity index is 1.65. The molecule has 1 saturated heterocycles. The number of aromatic nitrogens is 1. The summed E-state index contributed by atoms with van der Waals surface area (Å²) in [6, 6.07) is 7.18. The van der Waals surface area contributed by atoms with Gasteiger partial charge in [-0.05, 0) is 57.1 Å². The lowest BCUT2D eigenvalue weighted by molar-refractivity contribution is 0.326. The van der Waals surface area contributed by atoms with E-state index in [1.807, 2.05) is 18.3 Å². The third kappa shape index (κ3) is 2.27. The van der Waals surface area contributed by atoms with E-state index in [0.717, 1.165) is 30.4 Å². The molecule has 1 aliphatic heterocycles. The van der Waals surface area contributed by atoms with E-state index in [9.17, 15) is 4.39 Å². The molecular weight excluding hydrogens is 227 g/mol. The molecule has 1 aromatic carbocycles. The van der Waals surface area contributed by atoms with Gasteiger partial charge >= 0.3 is 0 Å². The van der Waals surface area contributed by atoms with Crippen LogP contribution < -0.4 is 0 Å². The van der Waals surface area contributed by atoms with Crippen LogP contribution in [0.15, 0.2) is 30.5 Å². The van der Waals surface area contributed by atoms with Crippen molar-refractivity contribution in [3.05, 3.63) is 36.3 Å². The fourth-order valence-electron chi connectivity index (χ4n) is 2.85. The number of aryl methyl sites for hydroxylation is 1. The van der Waals surface area contributed by atoms with Gasteiger partial charge in [-0.1, -0.05) is 6.07 Å². The van der Waals surface area contributed by atoms with Gasteiger partial charge in [-0.15, -0.1) is 0 Å². The Morgan fingerprint density at radius 1 is 1.06 bits per heavy atom. The highest BCUT2D eigenvalue weighted by atomic mass is 19.1. The Morgan fingerprint density at radius 3 is 2.72 bits per heavy atom. The molecular formula is C15H19FN2. The van der Waals surface area contributed by atoms with Crippen molar-refractivity contribution in [3.63, 3.8) is 0 Å². The molecule has 1 aromatic heterocycles. The van der Waals surface area contributed by atoms with Crippen LogP contribution >= 0.6 is 0 Å². The van der Waals surface area contributed by atoms with Gasteiger partial charge in [0.15, 0.2) is 0 Å². The number of halogens is 1. The third-order valence-electron chi connectivity index (χ3n) is 3.83. The zero-order valence-electron chi connectivity index (χ0n) is 10.6. The van der Waals surface area contributed by atoms with Gasteiger partial charge in [0.05, 0.1) is 5.52 Å². The standard InChI is InChI=1S/C15H19FN2/c16-14-5-3-6-15-13(14)7-12-18(15)11-4-10-17-8-1-2-9-17/h3,5-7,12H,1-2,4,8-11H2. The first kappa shape index (κ1) is 11.7. The van der Waals surface area contributed by atoms with Gasteiger partial charge in [0.2, 0.25) is 0 Å². The van der Waals surface area contributed by atoms with Crippen LogP contribution in [0.25, 0.3) is 10.9 Å². The molecule has 3 heteroatoms. The summed E-state index contributed by atoms with van der Waals surface area (Å²) in [5, 5.41) is 0.735. The summed E-state index contributed by atoms with van der Waals surface area (Å²) >= 11 is 0. The summed E-state index contributed by atoms with van der Waals surface area (Å²) in [5.41, 5.74) is 1.01. The molecule has 18 heavy (non-hydrogen) atoms. The minimum atomic E-state index is -0.120. The Morgan fingerprint density at radius 2 is 1.89 bits per heavy atom. The molecule has 3 rings (SSSR count). The largest absolute Gasteiger partial charge is 0.347 e. The summed E-state index contributed by atoms with van der Waals surface area (Å²) in [6.45, 7) is 4.64. The molecule has 0 saturated carbocycles. The van der Waals surface area contributed by atoms with Gasteiger partial charge in [-0.2, -0.15) is 0 Å². The van der Waals surface area contributed by atoms with E-state index in [2.05, 4.69) is 9.47 Å². The summed E-state index contributed by atoms with van der Waals surface area (Å²) in [6.07, 6.45) is 5.83. The summed E-state index contributed by atoms with van der Waals surface area (Å²) in [7, 11) is 0. The van der Waals surface area contributed by atoms with Crippen LogP contribution in [-0.4, -0.2) is 29.1 Å². The van der Waals surface area contributed by atoms with Crippen molar-refractivity contribution in [2.45, 2.75) is 25.8 Å². The summed E-state index contributed by atoms with van der Waals surface area (Å²) < 4.78 is 15.7. The quantitative estimate of drug-likeness (QED) is 0.804. The zero-order chi connectivity index (χ0) is 12.4. The minimum absolute atomic E-state index is 0.120. The van der Waals surface area contributed by atoms with Crippen molar-refractivity contribution >= 4 is 10.9 Å². The van der Waals surface area contributed by atoms with Gasteiger partial charge in [0.25, 0.3) is 0 Å². The Bertz CT molecular complexity index is 526. The molecule has 0 bridgehead atoms. The van der Waals surface area contributed by atoms with Crippen LogP contribution in [0.2, 0.25) is 0 Å². The normalized spacial score (nSPS) is 16.7. The van der Waals surface area contributed by atoms with E-state index >= 15 is 0 Å². The first-order valence-electron chi connectivity index (χ1n) is 6.80. The highest BCUT2D eigenvalue weighted by Crippen LogP contribution is 2.19. The van der Waals surface area contributed by atoms with Gasteiger partial charge in [0.1, 0.15) is 5.82 Å². The van der Waals surface area contributed by atoms with Gasteiger partial charge in [0, 0.05) is 18.1 Å². The van der Waals surface area contributed by atoms with Crippen molar-refractivity contribution in [2.75, 3.05) is 19.6 Å². The lowest BCUT2D eigenvalue weighted by atomic mass is 10.2. The molecule has 2 nitrogen and oxygen atoms in total. The van der Waals surface area contributed by atoms with Crippen LogP contribution in [0.4, 0.5) is 4.39 Å². The smallest absolute Gasteiger partial charge is 0.132 e. The van der Waals surface area contributed by atoms with Crippen LogP contribution in [-0.2, 0) is 6.54 Å². The highest BCUT2D eigenvalue weighted by Gasteiger charge is 2.11. The molecule has 2 heterocycles. The van der Waals surface area contributed by atoms with E-state index in [4.69, 9.17) is 0 Å². The topological polar surface area (TPSA) is 8.17 Å². The monoisotopic (exact) mass is 246 g/mol. The number of rotatable bonds is 4. The second-order valence-corrected chi connectivity index (χ2v) is 5.08. The molecule has 0 unspecified atom stereocenters. The molecule has 0 aliphatic carbocycles. The van der Waals surface area contributed by atoms with E-state index in [1.54, 1.807) is 6.07 Å². The maximum atomic E-state index is 13.5. The van der Waals surface area contributed by atoms with Crippen LogP contribution in [0.1, 0.15) is 19.3 Å². The predicted molar refractivity (Wildman–Crippen MR) is 72.2 cm³/mol. The molecule has 0 radical (unpaired) electrons. The molecule has 0 atom stereocenters. The average molecular weight is 246 g/mol. The van der Waals surface area contributed by atoms with Crippen LogP contribution in [0, 0.1) is 5.82 Å². The third-order valence-corrected chi connectivity index (χ3v) is 3.83. The van der Waals surface area contributed by atoms with Crippen molar-refractivity contribution < 1.29 is 4.39 Å². The van der Waals surface area contributed by atoms with E-state index < -0.39 is 0 Å². The second kappa shape index (κ2) is 5.11. The molecule has 0 amide bonds. The van der Waals surface area contributed by atoms with Crippen molar-refractivity contribution in [3.8, 4) is 0 Å². The maximum absolute atomic E-state index is 13.5. The molecule has 0 N–H and O–H groups in total. The molecule has 1 fully saturated rings. The molecule has 1 aliphatic rings. The first-order chi connectivity index (χ1) is 8.84. The van der Waals surface area contributed by atoms with Crippen LogP contribution in [0.5, 0.6) is 0 Å². The Labute approximate surface area is 107 Å². The summed E-state index contributed by atoms with van der Waals surface area (Å²) in [4.78, 5) is 2.52.